The predicted octanol–water partition coefficient (Wildman–Crippen LogP) is 6.34. The number of carbonyl (C=O) groups is 2. The summed E-state index contributed by atoms with van der Waals surface area (Å²) in [5.41, 5.74) is 7.13. The summed E-state index contributed by atoms with van der Waals surface area (Å²) in [6.45, 7) is 6.40. The van der Waals surface area contributed by atoms with Crippen molar-refractivity contribution >= 4 is 28.5 Å². The number of benzene rings is 3. The molecule has 176 valence electrons. The number of H-pyrrole nitrogens is 1. The van der Waals surface area contributed by atoms with Gasteiger partial charge in [-0.25, -0.2) is 9.69 Å². The number of nitrogens with zero attached hydrogens (tertiary/aromatic N) is 2. The molecule has 3 heterocycles. The number of anilines is 1. The fourth-order valence-corrected chi connectivity index (χ4v) is 5.73. The van der Waals surface area contributed by atoms with Gasteiger partial charge in [0, 0.05) is 23.0 Å². The number of aryl methyl sites for hydroxylation is 1. The van der Waals surface area contributed by atoms with E-state index >= 15 is 0 Å². The van der Waals surface area contributed by atoms with Gasteiger partial charge in [0.25, 0.3) is 5.91 Å². The lowest BCUT2D eigenvalue weighted by Gasteiger charge is -2.36. The van der Waals surface area contributed by atoms with Crippen LogP contribution in [-0.2, 0) is 17.6 Å². The minimum absolute atomic E-state index is 0.143. The third-order valence-electron chi connectivity index (χ3n) is 7.58. The molecule has 3 aromatic carbocycles. The number of rotatable bonds is 4. The van der Waals surface area contributed by atoms with Crippen LogP contribution in [-0.4, -0.2) is 27.9 Å². The zero-order valence-electron chi connectivity index (χ0n) is 20.3. The van der Waals surface area contributed by atoms with Crippen LogP contribution in [0.1, 0.15) is 60.7 Å². The van der Waals surface area contributed by atoms with Gasteiger partial charge in [0.15, 0.2) is 0 Å². The summed E-state index contributed by atoms with van der Waals surface area (Å²) in [5, 5.41) is 1.12. The third kappa shape index (κ3) is 3.22. The molecule has 2 aliphatic heterocycles. The lowest BCUT2D eigenvalue weighted by Crippen LogP contribution is -2.44. The average molecular weight is 464 g/mol. The molecule has 1 N–H and O–H groups in total. The molecule has 5 nitrogen and oxygen atoms in total. The van der Waals surface area contributed by atoms with E-state index in [1.54, 1.807) is 4.90 Å². The summed E-state index contributed by atoms with van der Waals surface area (Å²) < 4.78 is 0. The van der Waals surface area contributed by atoms with Gasteiger partial charge in [-0.05, 0) is 46.7 Å². The summed E-state index contributed by atoms with van der Waals surface area (Å²) in [6, 6.07) is 23.3. The summed E-state index contributed by atoms with van der Waals surface area (Å²) in [4.78, 5) is 34.7. The number of para-hydroxylation sites is 2. The molecule has 0 spiro atoms. The second-order valence-corrected chi connectivity index (χ2v) is 9.85. The van der Waals surface area contributed by atoms with Gasteiger partial charge in [0.05, 0.1) is 5.69 Å². The van der Waals surface area contributed by atoms with Crippen LogP contribution >= 0.6 is 0 Å². The minimum atomic E-state index is -0.533. The summed E-state index contributed by atoms with van der Waals surface area (Å²) >= 11 is 0. The van der Waals surface area contributed by atoms with E-state index in [0.717, 1.165) is 39.7 Å². The molecule has 35 heavy (non-hydrogen) atoms. The summed E-state index contributed by atoms with van der Waals surface area (Å²) in [6.07, 6.45) is 1.26. The van der Waals surface area contributed by atoms with E-state index in [2.05, 4.69) is 55.2 Å². The SMILES string of the molecule is CCc1ccccc1N1C(=O)[C@@H]2Cc3c([nH]c4ccccc34)C(c3ccc(C(C)C)cc3)N2C1=O. The van der Waals surface area contributed by atoms with Gasteiger partial charge >= 0.3 is 6.03 Å². The molecule has 4 aromatic rings. The maximum Gasteiger partial charge on any atom is 0.332 e. The van der Waals surface area contributed by atoms with E-state index in [9.17, 15) is 9.59 Å². The van der Waals surface area contributed by atoms with Crippen LogP contribution in [0.25, 0.3) is 10.9 Å². The number of nitrogens with one attached hydrogen (secondary N) is 1. The molecule has 6 rings (SSSR count). The predicted molar refractivity (Wildman–Crippen MR) is 139 cm³/mol. The highest BCUT2D eigenvalue weighted by molar-refractivity contribution is 6.22. The Morgan fingerprint density at radius 1 is 0.943 bits per heavy atom. The number of imide groups is 1. The highest BCUT2D eigenvalue weighted by atomic mass is 16.2. The zero-order valence-corrected chi connectivity index (χ0v) is 20.3. The number of amides is 3. The number of aromatic nitrogens is 1. The Kier molecular flexibility index (Phi) is 5.03. The molecule has 1 saturated heterocycles. The second-order valence-electron chi connectivity index (χ2n) is 9.85. The Bertz CT molecular complexity index is 1450. The van der Waals surface area contributed by atoms with Crippen LogP contribution < -0.4 is 4.90 Å². The van der Waals surface area contributed by atoms with Crippen molar-refractivity contribution in [2.45, 2.75) is 51.6 Å². The molecule has 0 radical (unpaired) electrons. The maximum absolute atomic E-state index is 14.0. The first-order valence-corrected chi connectivity index (χ1v) is 12.4. The van der Waals surface area contributed by atoms with Gasteiger partial charge in [0.1, 0.15) is 12.1 Å². The largest absolute Gasteiger partial charge is 0.356 e. The maximum atomic E-state index is 14.0. The van der Waals surface area contributed by atoms with Crippen molar-refractivity contribution in [1.29, 1.82) is 0 Å². The molecule has 1 fully saturated rings. The van der Waals surface area contributed by atoms with Crippen molar-refractivity contribution in [2.75, 3.05) is 4.90 Å². The molecule has 1 aromatic heterocycles. The van der Waals surface area contributed by atoms with E-state index in [0.29, 0.717) is 18.0 Å². The molecule has 3 amide bonds. The van der Waals surface area contributed by atoms with E-state index in [4.69, 9.17) is 0 Å². The van der Waals surface area contributed by atoms with Crippen molar-refractivity contribution in [3.63, 3.8) is 0 Å². The molecular formula is C30H29N3O2. The monoisotopic (exact) mass is 463 g/mol. The fraction of sp³-hybridized carbons (Fsp3) is 0.267. The Balaban J connectivity index is 1.53. The zero-order chi connectivity index (χ0) is 24.3. The number of urea groups is 1. The van der Waals surface area contributed by atoms with Crippen molar-refractivity contribution in [3.8, 4) is 0 Å². The van der Waals surface area contributed by atoms with Gasteiger partial charge < -0.3 is 4.98 Å². The smallest absolute Gasteiger partial charge is 0.332 e. The second kappa shape index (κ2) is 8.12. The average Bonchev–Trinajstić information content (AvgIpc) is 3.37. The molecule has 2 aliphatic rings. The number of fused-ring (bicyclic) bond motifs is 4. The first-order chi connectivity index (χ1) is 17.0. The van der Waals surface area contributed by atoms with Crippen molar-refractivity contribution in [1.82, 2.24) is 9.88 Å². The molecule has 0 aliphatic carbocycles. The van der Waals surface area contributed by atoms with E-state index in [-0.39, 0.29) is 18.0 Å². The van der Waals surface area contributed by atoms with Gasteiger partial charge in [-0.15, -0.1) is 0 Å². The first-order valence-electron chi connectivity index (χ1n) is 12.4. The van der Waals surface area contributed by atoms with Crippen LogP contribution in [0.2, 0.25) is 0 Å². The number of hydrogen-bond donors (Lipinski definition) is 1. The summed E-state index contributed by atoms with van der Waals surface area (Å²) in [5.74, 6) is 0.276. The Hall–Kier alpha value is -3.86. The highest BCUT2D eigenvalue weighted by Crippen LogP contribution is 2.45. The van der Waals surface area contributed by atoms with Crippen LogP contribution in [0.5, 0.6) is 0 Å². The lowest BCUT2D eigenvalue weighted by molar-refractivity contribution is -0.120. The molecular weight excluding hydrogens is 434 g/mol. The van der Waals surface area contributed by atoms with Crippen molar-refractivity contribution in [3.05, 3.63) is 101 Å². The van der Waals surface area contributed by atoms with E-state index in [1.165, 1.54) is 10.5 Å². The third-order valence-corrected chi connectivity index (χ3v) is 7.58. The lowest BCUT2D eigenvalue weighted by atomic mass is 9.88. The van der Waals surface area contributed by atoms with Crippen LogP contribution in [0.3, 0.4) is 0 Å². The van der Waals surface area contributed by atoms with E-state index < -0.39 is 6.04 Å². The summed E-state index contributed by atoms with van der Waals surface area (Å²) in [7, 11) is 0. The number of aromatic amines is 1. The standard InChI is InChI=1S/C30H29N3O2/c1-4-19-9-5-8-12-25(19)33-29(34)26-17-23-22-10-6-7-11-24(22)31-27(23)28(32(26)30(33)35)21-15-13-20(14-16-21)18(2)3/h5-16,18,26,28,31H,4,17H2,1-3H3/t26-,28?/m0/s1. The fourth-order valence-electron chi connectivity index (χ4n) is 5.73. The van der Waals surface area contributed by atoms with Crippen LogP contribution in [0.4, 0.5) is 10.5 Å². The molecule has 5 heteroatoms. The minimum Gasteiger partial charge on any atom is -0.356 e. The van der Waals surface area contributed by atoms with E-state index in [1.807, 2.05) is 43.3 Å². The topological polar surface area (TPSA) is 56.4 Å². The normalized spacial score (nSPS) is 19.5. The number of carbonyl (C=O) groups excluding carboxylic acids is 2. The molecule has 0 bridgehead atoms. The Morgan fingerprint density at radius 3 is 2.40 bits per heavy atom. The Morgan fingerprint density at radius 2 is 1.66 bits per heavy atom. The Labute approximate surface area is 205 Å². The highest BCUT2D eigenvalue weighted by Gasteiger charge is 2.53. The number of hydrogen-bond acceptors (Lipinski definition) is 2. The first kappa shape index (κ1) is 21.7. The van der Waals surface area contributed by atoms with Crippen molar-refractivity contribution < 1.29 is 9.59 Å². The van der Waals surface area contributed by atoms with Gasteiger partial charge in [-0.2, -0.15) is 0 Å². The van der Waals surface area contributed by atoms with Crippen LogP contribution in [0, 0.1) is 0 Å². The molecule has 2 atom stereocenters. The van der Waals surface area contributed by atoms with Gasteiger partial charge in [-0.3, -0.25) is 9.69 Å². The van der Waals surface area contributed by atoms with Gasteiger partial charge in [-0.1, -0.05) is 81.4 Å². The molecule has 1 unspecified atom stereocenters. The van der Waals surface area contributed by atoms with Gasteiger partial charge in [0.2, 0.25) is 0 Å². The van der Waals surface area contributed by atoms with Crippen LogP contribution in [0.15, 0.2) is 72.8 Å². The quantitative estimate of drug-likeness (QED) is 0.359. The molecule has 0 saturated carbocycles. The van der Waals surface area contributed by atoms with Crippen molar-refractivity contribution in [2.24, 2.45) is 0 Å².